The van der Waals surface area contributed by atoms with Crippen molar-refractivity contribution in [3.8, 4) is 0 Å². The van der Waals surface area contributed by atoms with Crippen LogP contribution in [0.1, 0.15) is 38.7 Å². The standard InChI is InChI=1S/C14H23NO2S/c1-4-18(16,17)10-6-9-15-14-8-5-7-13(11-14)12(2)3/h5,7-8,11-12,15H,4,6,9-10H2,1-3H3. The van der Waals surface area contributed by atoms with Gasteiger partial charge in [-0.2, -0.15) is 0 Å². The van der Waals surface area contributed by atoms with Gasteiger partial charge in [0.25, 0.3) is 0 Å². The van der Waals surface area contributed by atoms with Gasteiger partial charge in [0.2, 0.25) is 0 Å². The Labute approximate surface area is 111 Å². The third-order valence-electron chi connectivity index (χ3n) is 2.95. The number of benzene rings is 1. The lowest BCUT2D eigenvalue weighted by molar-refractivity contribution is 0.595. The number of nitrogens with one attached hydrogen (secondary N) is 1. The summed E-state index contributed by atoms with van der Waals surface area (Å²) in [5.41, 5.74) is 2.36. The summed E-state index contributed by atoms with van der Waals surface area (Å²) >= 11 is 0. The van der Waals surface area contributed by atoms with Crippen molar-refractivity contribution in [2.45, 2.75) is 33.1 Å². The molecule has 0 spiro atoms. The van der Waals surface area contributed by atoms with Crippen molar-refractivity contribution in [3.63, 3.8) is 0 Å². The molecule has 0 unspecified atom stereocenters. The molecular formula is C14H23NO2S. The van der Waals surface area contributed by atoms with Gasteiger partial charge in [-0.15, -0.1) is 0 Å². The number of hydrogen-bond acceptors (Lipinski definition) is 3. The van der Waals surface area contributed by atoms with Crippen LogP contribution in [0.2, 0.25) is 0 Å². The van der Waals surface area contributed by atoms with Gasteiger partial charge in [0.1, 0.15) is 9.84 Å². The Morgan fingerprint density at radius 2 is 2.00 bits per heavy atom. The second kappa shape index (κ2) is 6.78. The molecule has 1 N–H and O–H groups in total. The SMILES string of the molecule is CCS(=O)(=O)CCCNc1cccc(C(C)C)c1. The van der Waals surface area contributed by atoms with Crippen molar-refractivity contribution in [1.82, 2.24) is 0 Å². The minimum Gasteiger partial charge on any atom is -0.385 e. The fourth-order valence-corrected chi connectivity index (χ4v) is 2.55. The average molecular weight is 269 g/mol. The second-order valence-electron chi connectivity index (χ2n) is 4.80. The fraction of sp³-hybridized carbons (Fsp3) is 0.571. The van der Waals surface area contributed by atoms with Gasteiger partial charge in [-0.1, -0.05) is 32.9 Å². The molecule has 0 aromatic heterocycles. The van der Waals surface area contributed by atoms with E-state index >= 15 is 0 Å². The zero-order chi connectivity index (χ0) is 13.6. The second-order valence-corrected chi connectivity index (χ2v) is 7.27. The van der Waals surface area contributed by atoms with Crippen molar-refractivity contribution in [2.24, 2.45) is 0 Å². The first-order valence-corrected chi connectivity index (χ1v) is 8.31. The Morgan fingerprint density at radius 1 is 1.28 bits per heavy atom. The largest absolute Gasteiger partial charge is 0.385 e. The van der Waals surface area contributed by atoms with Gasteiger partial charge in [0.15, 0.2) is 0 Å². The van der Waals surface area contributed by atoms with E-state index in [0.29, 0.717) is 18.9 Å². The lowest BCUT2D eigenvalue weighted by Gasteiger charge is -2.10. The molecule has 0 aliphatic heterocycles. The van der Waals surface area contributed by atoms with Gasteiger partial charge in [0, 0.05) is 18.0 Å². The Morgan fingerprint density at radius 3 is 2.61 bits per heavy atom. The summed E-state index contributed by atoms with van der Waals surface area (Å²) in [4.78, 5) is 0. The molecule has 0 heterocycles. The molecule has 0 aliphatic rings. The lowest BCUT2D eigenvalue weighted by Crippen LogP contribution is -2.13. The molecule has 3 nitrogen and oxygen atoms in total. The third kappa shape index (κ3) is 5.08. The number of sulfone groups is 1. The minimum atomic E-state index is -2.84. The summed E-state index contributed by atoms with van der Waals surface area (Å²) in [6.07, 6.45) is 0.655. The van der Waals surface area contributed by atoms with Crippen molar-refractivity contribution < 1.29 is 8.42 Å². The topological polar surface area (TPSA) is 46.2 Å². The average Bonchev–Trinajstić information content (AvgIpc) is 2.35. The maximum absolute atomic E-state index is 11.3. The van der Waals surface area contributed by atoms with Crippen LogP contribution in [0, 0.1) is 0 Å². The zero-order valence-electron chi connectivity index (χ0n) is 11.4. The maximum atomic E-state index is 11.3. The molecule has 1 aromatic rings. The minimum absolute atomic E-state index is 0.232. The summed E-state index contributed by atoms with van der Waals surface area (Å²) < 4.78 is 22.7. The zero-order valence-corrected chi connectivity index (χ0v) is 12.3. The van der Waals surface area contributed by atoms with Crippen LogP contribution in [0.5, 0.6) is 0 Å². The highest BCUT2D eigenvalue weighted by Gasteiger charge is 2.06. The van der Waals surface area contributed by atoms with Crippen LogP contribution < -0.4 is 5.32 Å². The first-order valence-electron chi connectivity index (χ1n) is 6.49. The maximum Gasteiger partial charge on any atom is 0.150 e. The first-order chi connectivity index (χ1) is 8.44. The number of hydrogen-bond donors (Lipinski definition) is 1. The van der Waals surface area contributed by atoms with E-state index in [9.17, 15) is 8.42 Å². The van der Waals surface area contributed by atoms with Gasteiger partial charge in [-0.05, 0) is 30.0 Å². The highest BCUT2D eigenvalue weighted by molar-refractivity contribution is 7.91. The van der Waals surface area contributed by atoms with Crippen LogP contribution in [-0.4, -0.2) is 26.5 Å². The molecule has 1 aromatic carbocycles. The molecule has 18 heavy (non-hydrogen) atoms. The molecule has 102 valence electrons. The molecule has 0 saturated heterocycles. The Hall–Kier alpha value is -1.03. The molecular weight excluding hydrogens is 246 g/mol. The van der Waals surface area contributed by atoms with E-state index in [1.54, 1.807) is 6.92 Å². The van der Waals surface area contributed by atoms with Crippen LogP contribution in [0.3, 0.4) is 0 Å². The molecule has 0 bridgehead atoms. The highest BCUT2D eigenvalue weighted by atomic mass is 32.2. The monoisotopic (exact) mass is 269 g/mol. The van der Waals surface area contributed by atoms with E-state index < -0.39 is 9.84 Å². The van der Waals surface area contributed by atoms with Crippen molar-refractivity contribution >= 4 is 15.5 Å². The van der Waals surface area contributed by atoms with Crippen LogP contribution in [0.15, 0.2) is 24.3 Å². The quantitative estimate of drug-likeness (QED) is 0.774. The molecule has 0 fully saturated rings. The summed E-state index contributed by atoms with van der Waals surface area (Å²) in [6.45, 7) is 6.70. The summed E-state index contributed by atoms with van der Waals surface area (Å²) in [6, 6.07) is 8.27. The van der Waals surface area contributed by atoms with Crippen molar-refractivity contribution in [3.05, 3.63) is 29.8 Å². The predicted octanol–water partition coefficient (Wildman–Crippen LogP) is 3.05. The van der Waals surface area contributed by atoms with Gasteiger partial charge in [0.05, 0.1) is 5.75 Å². The lowest BCUT2D eigenvalue weighted by atomic mass is 10.0. The smallest absolute Gasteiger partial charge is 0.150 e. The fourth-order valence-electron chi connectivity index (χ4n) is 1.68. The normalized spacial score (nSPS) is 11.8. The predicted molar refractivity (Wildman–Crippen MR) is 78.0 cm³/mol. The first kappa shape index (κ1) is 15.0. The number of rotatable bonds is 7. The molecule has 0 radical (unpaired) electrons. The van der Waals surface area contributed by atoms with Gasteiger partial charge >= 0.3 is 0 Å². The molecule has 1 rings (SSSR count). The summed E-state index contributed by atoms with van der Waals surface area (Å²) in [5.74, 6) is 1.00. The highest BCUT2D eigenvalue weighted by Crippen LogP contribution is 2.18. The van der Waals surface area contributed by atoms with Crippen LogP contribution in [-0.2, 0) is 9.84 Å². The molecule has 0 amide bonds. The third-order valence-corrected chi connectivity index (χ3v) is 4.74. The van der Waals surface area contributed by atoms with Crippen molar-refractivity contribution in [2.75, 3.05) is 23.4 Å². The molecule has 0 atom stereocenters. The Balaban J connectivity index is 2.42. The Bertz CT molecular complexity index is 466. The molecule has 4 heteroatoms. The molecule has 0 saturated carbocycles. The summed E-state index contributed by atoms with van der Waals surface area (Å²) in [5, 5.41) is 3.27. The summed E-state index contributed by atoms with van der Waals surface area (Å²) in [7, 11) is -2.84. The van der Waals surface area contributed by atoms with E-state index in [1.165, 1.54) is 5.56 Å². The molecule has 0 aliphatic carbocycles. The van der Waals surface area contributed by atoms with Crippen molar-refractivity contribution in [1.29, 1.82) is 0 Å². The van der Waals surface area contributed by atoms with E-state index in [0.717, 1.165) is 5.69 Å². The van der Waals surface area contributed by atoms with Gasteiger partial charge in [-0.25, -0.2) is 8.42 Å². The number of anilines is 1. The van der Waals surface area contributed by atoms with Crippen LogP contribution in [0.4, 0.5) is 5.69 Å². The van der Waals surface area contributed by atoms with E-state index in [4.69, 9.17) is 0 Å². The van der Waals surface area contributed by atoms with E-state index in [2.05, 4.69) is 31.3 Å². The van der Waals surface area contributed by atoms with E-state index in [1.807, 2.05) is 12.1 Å². The Kier molecular flexibility index (Phi) is 5.66. The van der Waals surface area contributed by atoms with Gasteiger partial charge in [-0.3, -0.25) is 0 Å². The van der Waals surface area contributed by atoms with E-state index in [-0.39, 0.29) is 11.5 Å². The van der Waals surface area contributed by atoms with Gasteiger partial charge < -0.3 is 5.32 Å². The van der Waals surface area contributed by atoms with Crippen LogP contribution in [0.25, 0.3) is 0 Å². The van der Waals surface area contributed by atoms with Crippen LogP contribution >= 0.6 is 0 Å².